The van der Waals surface area contributed by atoms with Crippen LogP contribution in [0.3, 0.4) is 0 Å². The number of benzene rings is 2. The molecule has 1 heterocycles. The molecule has 1 aromatic heterocycles. The number of hydrogen-bond donors (Lipinski definition) is 2. The van der Waals surface area contributed by atoms with Crippen LogP contribution in [0.2, 0.25) is 5.02 Å². The lowest BCUT2D eigenvalue weighted by atomic mass is 10.1. The van der Waals surface area contributed by atoms with Crippen molar-refractivity contribution in [2.24, 2.45) is 0 Å². The average Bonchev–Trinajstić information content (AvgIpc) is 3.13. The van der Waals surface area contributed by atoms with E-state index < -0.39 is 5.82 Å². The summed E-state index contributed by atoms with van der Waals surface area (Å²) in [5, 5.41) is 12.9. The molecule has 3 rings (SSSR count). The first-order valence-electron chi connectivity index (χ1n) is 7.54. The Balaban J connectivity index is 1.66. The number of halogens is 2. The van der Waals surface area contributed by atoms with Gasteiger partial charge in [-0.15, -0.1) is 0 Å². The van der Waals surface area contributed by atoms with E-state index in [1.54, 1.807) is 18.6 Å². The topological polar surface area (TPSA) is 50.1 Å². The van der Waals surface area contributed by atoms with Crippen LogP contribution in [0.1, 0.15) is 17.2 Å². The van der Waals surface area contributed by atoms with Gasteiger partial charge in [-0.1, -0.05) is 29.8 Å². The highest BCUT2D eigenvalue weighted by Gasteiger charge is 2.12. The Morgan fingerprint density at radius 2 is 2.00 bits per heavy atom. The summed E-state index contributed by atoms with van der Waals surface area (Å²) in [5.74, 6) is -0.487. The van der Waals surface area contributed by atoms with Crippen LogP contribution >= 0.6 is 11.6 Å². The zero-order valence-corrected chi connectivity index (χ0v) is 13.6. The summed E-state index contributed by atoms with van der Waals surface area (Å²) >= 11 is 5.69. The van der Waals surface area contributed by atoms with Gasteiger partial charge < -0.3 is 15.0 Å². The van der Waals surface area contributed by atoms with Crippen molar-refractivity contribution in [3.63, 3.8) is 0 Å². The highest BCUT2D eigenvalue weighted by molar-refractivity contribution is 6.30. The number of aromatic nitrogens is 2. The fraction of sp³-hybridized carbons (Fsp3) is 0.167. The van der Waals surface area contributed by atoms with Gasteiger partial charge in [-0.2, -0.15) is 0 Å². The van der Waals surface area contributed by atoms with Crippen LogP contribution in [0.15, 0.2) is 61.2 Å². The summed E-state index contributed by atoms with van der Waals surface area (Å²) in [5.41, 5.74) is 2.75. The Labute approximate surface area is 144 Å². The van der Waals surface area contributed by atoms with Gasteiger partial charge in [0.2, 0.25) is 0 Å². The van der Waals surface area contributed by atoms with Crippen molar-refractivity contribution in [2.45, 2.75) is 12.6 Å². The van der Waals surface area contributed by atoms with E-state index in [2.05, 4.69) is 10.3 Å². The van der Waals surface area contributed by atoms with Crippen LogP contribution in [0.4, 0.5) is 4.39 Å². The van der Waals surface area contributed by atoms with Crippen molar-refractivity contribution >= 4 is 11.6 Å². The molecule has 1 atom stereocenters. The molecule has 124 valence electrons. The number of nitrogens with one attached hydrogen (secondary N) is 1. The Bertz CT molecular complexity index is 791. The van der Waals surface area contributed by atoms with Gasteiger partial charge in [0.1, 0.15) is 5.82 Å². The number of rotatable bonds is 6. The zero-order chi connectivity index (χ0) is 16.9. The number of imidazole rings is 1. The minimum absolute atomic E-state index is 0.0746. The van der Waals surface area contributed by atoms with Crippen molar-refractivity contribution < 1.29 is 9.50 Å². The maximum absolute atomic E-state index is 13.6. The summed E-state index contributed by atoms with van der Waals surface area (Å²) in [6, 6.07) is 12.2. The molecule has 0 aliphatic heterocycles. The van der Waals surface area contributed by atoms with Crippen molar-refractivity contribution in [3.05, 3.63) is 83.2 Å². The Morgan fingerprint density at radius 3 is 2.62 bits per heavy atom. The number of nitrogens with zero attached hydrogens (tertiary/aromatic N) is 2. The monoisotopic (exact) mass is 345 g/mol. The third-order valence-electron chi connectivity index (χ3n) is 3.82. The molecular weight excluding hydrogens is 329 g/mol. The smallest absolute Gasteiger partial charge is 0.142 e. The standard InChI is InChI=1S/C18H17ClFN3O/c19-16-6-3-14(9-17(16)20)18(11-24)22-10-13-1-4-15(5-2-13)23-8-7-21-12-23/h1-9,12,18,22,24H,10-11H2. The molecule has 3 aromatic rings. The average molecular weight is 346 g/mol. The van der Waals surface area contributed by atoms with E-state index in [0.29, 0.717) is 12.1 Å². The SMILES string of the molecule is OCC(NCc1ccc(-n2ccnc2)cc1)c1ccc(Cl)c(F)c1. The van der Waals surface area contributed by atoms with Gasteiger partial charge in [-0.3, -0.25) is 0 Å². The second kappa shape index (κ2) is 7.57. The summed E-state index contributed by atoms with van der Waals surface area (Å²) in [4.78, 5) is 4.02. The van der Waals surface area contributed by atoms with Crippen molar-refractivity contribution in [2.75, 3.05) is 6.61 Å². The molecule has 0 saturated carbocycles. The first-order valence-corrected chi connectivity index (χ1v) is 7.91. The third-order valence-corrected chi connectivity index (χ3v) is 4.13. The highest BCUT2D eigenvalue weighted by atomic mass is 35.5. The van der Waals surface area contributed by atoms with Gasteiger partial charge in [0.05, 0.1) is 24.0 Å². The molecule has 0 spiro atoms. The molecule has 0 saturated heterocycles. The zero-order valence-electron chi connectivity index (χ0n) is 12.9. The van der Waals surface area contributed by atoms with Gasteiger partial charge in [-0.05, 0) is 35.4 Å². The normalized spacial score (nSPS) is 12.3. The minimum atomic E-state index is -0.487. The lowest BCUT2D eigenvalue weighted by Gasteiger charge is -2.17. The number of aliphatic hydroxyl groups is 1. The van der Waals surface area contributed by atoms with E-state index in [9.17, 15) is 9.50 Å². The van der Waals surface area contributed by atoms with Crippen LogP contribution in [0, 0.1) is 5.82 Å². The van der Waals surface area contributed by atoms with Crippen molar-refractivity contribution in [1.29, 1.82) is 0 Å². The molecule has 1 unspecified atom stereocenters. The Morgan fingerprint density at radius 1 is 1.21 bits per heavy atom. The molecule has 6 heteroatoms. The second-order valence-corrected chi connectivity index (χ2v) is 5.83. The van der Waals surface area contributed by atoms with E-state index in [1.807, 2.05) is 35.0 Å². The van der Waals surface area contributed by atoms with Gasteiger partial charge in [0, 0.05) is 24.6 Å². The third kappa shape index (κ3) is 3.82. The molecular formula is C18H17ClFN3O. The quantitative estimate of drug-likeness (QED) is 0.719. The van der Waals surface area contributed by atoms with Gasteiger partial charge in [-0.25, -0.2) is 9.37 Å². The van der Waals surface area contributed by atoms with Gasteiger partial charge in [0.15, 0.2) is 0 Å². The maximum atomic E-state index is 13.6. The lowest BCUT2D eigenvalue weighted by molar-refractivity contribution is 0.243. The molecule has 4 nitrogen and oxygen atoms in total. The van der Waals surface area contributed by atoms with E-state index in [1.165, 1.54) is 12.1 Å². The number of aliphatic hydroxyl groups excluding tert-OH is 1. The van der Waals surface area contributed by atoms with Crippen molar-refractivity contribution in [3.8, 4) is 5.69 Å². The molecule has 24 heavy (non-hydrogen) atoms. The summed E-state index contributed by atoms with van der Waals surface area (Å²) < 4.78 is 15.5. The van der Waals surface area contributed by atoms with Crippen LogP contribution < -0.4 is 5.32 Å². The van der Waals surface area contributed by atoms with Crippen LogP contribution in [-0.4, -0.2) is 21.3 Å². The van der Waals surface area contributed by atoms with E-state index in [4.69, 9.17) is 11.6 Å². The van der Waals surface area contributed by atoms with Crippen LogP contribution in [-0.2, 0) is 6.54 Å². The largest absolute Gasteiger partial charge is 0.394 e. The number of hydrogen-bond acceptors (Lipinski definition) is 3. The predicted octanol–water partition coefficient (Wildman–Crippen LogP) is 3.49. The molecule has 0 amide bonds. The molecule has 0 fully saturated rings. The fourth-order valence-electron chi connectivity index (χ4n) is 2.46. The van der Waals surface area contributed by atoms with Crippen molar-refractivity contribution in [1.82, 2.24) is 14.9 Å². The van der Waals surface area contributed by atoms with E-state index in [0.717, 1.165) is 11.3 Å². The highest BCUT2D eigenvalue weighted by Crippen LogP contribution is 2.20. The minimum Gasteiger partial charge on any atom is -0.394 e. The first kappa shape index (κ1) is 16.6. The van der Waals surface area contributed by atoms with Gasteiger partial charge in [0.25, 0.3) is 0 Å². The molecule has 0 aliphatic rings. The van der Waals surface area contributed by atoms with E-state index >= 15 is 0 Å². The van der Waals surface area contributed by atoms with Crippen LogP contribution in [0.5, 0.6) is 0 Å². The molecule has 0 radical (unpaired) electrons. The summed E-state index contributed by atoms with van der Waals surface area (Å²) in [6.07, 6.45) is 5.35. The molecule has 2 aromatic carbocycles. The summed E-state index contributed by atoms with van der Waals surface area (Å²) in [7, 11) is 0. The molecule has 2 N–H and O–H groups in total. The van der Waals surface area contributed by atoms with E-state index in [-0.39, 0.29) is 17.7 Å². The van der Waals surface area contributed by atoms with Gasteiger partial charge >= 0.3 is 0 Å². The Kier molecular flexibility index (Phi) is 5.25. The fourth-order valence-corrected chi connectivity index (χ4v) is 2.57. The lowest BCUT2D eigenvalue weighted by Crippen LogP contribution is -2.24. The molecule has 0 aliphatic carbocycles. The maximum Gasteiger partial charge on any atom is 0.142 e. The first-order chi connectivity index (χ1) is 11.7. The van der Waals surface area contributed by atoms with Crippen LogP contribution in [0.25, 0.3) is 5.69 Å². The molecule has 0 bridgehead atoms. The predicted molar refractivity (Wildman–Crippen MR) is 91.6 cm³/mol. The second-order valence-electron chi connectivity index (χ2n) is 5.43. The Hall–Kier alpha value is -2.21. The summed E-state index contributed by atoms with van der Waals surface area (Å²) in [6.45, 7) is 0.424.